The number of hydrogen-bond acceptors (Lipinski definition) is 3. The van der Waals surface area contributed by atoms with E-state index in [0.29, 0.717) is 4.99 Å². The summed E-state index contributed by atoms with van der Waals surface area (Å²) in [7, 11) is 0. The molecule has 0 saturated heterocycles. The third-order valence-electron chi connectivity index (χ3n) is 2.65. The van der Waals surface area contributed by atoms with Crippen LogP contribution in [0.1, 0.15) is 24.1 Å². The van der Waals surface area contributed by atoms with E-state index in [2.05, 4.69) is 22.4 Å². The minimum atomic E-state index is 0.631. The molecule has 15 heavy (non-hydrogen) atoms. The maximum absolute atomic E-state index is 5.54. The number of thiophene rings is 1. The SMILES string of the molecule is NC(=S)CCN(Cc1cccs1)C1CC1. The van der Waals surface area contributed by atoms with Crippen molar-refractivity contribution in [1.82, 2.24) is 4.90 Å². The third kappa shape index (κ3) is 3.55. The van der Waals surface area contributed by atoms with Gasteiger partial charge in [-0.25, -0.2) is 0 Å². The third-order valence-corrected chi connectivity index (χ3v) is 3.71. The van der Waals surface area contributed by atoms with Gasteiger partial charge in [-0.1, -0.05) is 18.3 Å². The Morgan fingerprint density at radius 1 is 1.60 bits per heavy atom. The van der Waals surface area contributed by atoms with Crippen LogP contribution in [0.2, 0.25) is 0 Å². The van der Waals surface area contributed by atoms with Gasteiger partial charge in [0.05, 0.1) is 4.99 Å². The molecule has 0 aromatic carbocycles. The summed E-state index contributed by atoms with van der Waals surface area (Å²) in [5.74, 6) is 0. The topological polar surface area (TPSA) is 29.3 Å². The molecule has 2 nitrogen and oxygen atoms in total. The van der Waals surface area contributed by atoms with Gasteiger partial charge < -0.3 is 5.73 Å². The van der Waals surface area contributed by atoms with Gasteiger partial charge in [-0.2, -0.15) is 0 Å². The van der Waals surface area contributed by atoms with Gasteiger partial charge in [-0.3, -0.25) is 4.90 Å². The Labute approximate surface area is 100 Å². The normalized spacial score (nSPS) is 15.8. The molecule has 0 unspecified atom stereocenters. The quantitative estimate of drug-likeness (QED) is 0.774. The first-order valence-corrected chi connectivity index (χ1v) is 6.59. The molecule has 0 bridgehead atoms. The van der Waals surface area contributed by atoms with Crippen LogP contribution in [0.5, 0.6) is 0 Å². The number of rotatable bonds is 6. The number of nitrogens with two attached hydrogens (primary N) is 1. The van der Waals surface area contributed by atoms with Crippen LogP contribution in [-0.4, -0.2) is 22.5 Å². The lowest BCUT2D eigenvalue weighted by molar-refractivity contribution is 0.265. The Hall–Kier alpha value is -0.450. The van der Waals surface area contributed by atoms with Crippen molar-refractivity contribution in [1.29, 1.82) is 0 Å². The van der Waals surface area contributed by atoms with Gasteiger partial charge in [-0.05, 0) is 24.3 Å². The monoisotopic (exact) mass is 240 g/mol. The number of nitrogens with zero attached hydrogens (tertiary/aromatic N) is 1. The van der Waals surface area contributed by atoms with Gasteiger partial charge in [0.15, 0.2) is 0 Å². The summed E-state index contributed by atoms with van der Waals surface area (Å²) in [6.45, 7) is 2.07. The largest absolute Gasteiger partial charge is 0.393 e. The zero-order chi connectivity index (χ0) is 10.7. The molecule has 0 amide bonds. The molecule has 82 valence electrons. The van der Waals surface area contributed by atoms with Crippen LogP contribution in [0.4, 0.5) is 0 Å². The van der Waals surface area contributed by atoms with Gasteiger partial charge in [0.1, 0.15) is 0 Å². The van der Waals surface area contributed by atoms with E-state index in [1.165, 1.54) is 17.7 Å². The first-order chi connectivity index (χ1) is 7.25. The average molecular weight is 240 g/mol. The van der Waals surface area contributed by atoms with Crippen LogP contribution < -0.4 is 5.73 Å². The minimum Gasteiger partial charge on any atom is -0.393 e. The summed E-state index contributed by atoms with van der Waals surface area (Å²) in [5.41, 5.74) is 5.54. The van der Waals surface area contributed by atoms with Crippen molar-refractivity contribution < 1.29 is 0 Å². The fraction of sp³-hybridized carbons (Fsp3) is 0.545. The van der Waals surface area contributed by atoms with Crippen molar-refractivity contribution in [3.8, 4) is 0 Å². The van der Waals surface area contributed by atoms with E-state index < -0.39 is 0 Å². The summed E-state index contributed by atoms with van der Waals surface area (Å²) < 4.78 is 0. The summed E-state index contributed by atoms with van der Waals surface area (Å²) in [5, 5.41) is 2.13. The minimum absolute atomic E-state index is 0.631. The number of thiocarbonyl (C=S) groups is 1. The standard InChI is InChI=1S/C11H16N2S2/c12-11(14)5-6-13(9-3-4-9)8-10-2-1-7-15-10/h1-2,7,9H,3-6,8H2,(H2,12,14). The van der Waals surface area contributed by atoms with E-state index in [9.17, 15) is 0 Å². The maximum atomic E-state index is 5.54. The van der Waals surface area contributed by atoms with E-state index in [0.717, 1.165) is 25.6 Å². The van der Waals surface area contributed by atoms with Crippen LogP contribution in [0.15, 0.2) is 17.5 Å². The predicted octanol–water partition coefficient (Wildman–Crippen LogP) is 2.39. The van der Waals surface area contributed by atoms with Gasteiger partial charge in [0.2, 0.25) is 0 Å². The highest BCUT2D eigenvalue weighted by atomic mass is 32.1. The molecule has 2 N–H and O–H groups in total. The Morgan fingerprint density at radius 2 is 2.40 bits per heavy atom. The second-order valence-corrected chi connectivity index (χ2v) is 5.55. The lowest BCUT2D eigenvalue weighted by Gasteiger charge is -2.20. The van der Waals surface area contributed by atoms with Gasteiger partial charge >= 0.3 is 0 Å². The molecule has 1 heterocycles. The number of hydrogen-bond donors (Lipinski definition) is 1. The van der Waals surface area contributed by atoms with Gasteiger partial charge in [-0.15, -0.1) is 11.3 Å². The maximum Gasteiger partial charge on any atom is 0.0740 e. The molecule has 1 saturated carbocycles. The van der Waals surface area contributed by atoms with Gasteiger partial charge in [0, 0.05) is 30.4 Å². The molecular formula is C11H16N2S2. The molecule has 0 atom stereocenters. The summed E-state index contributed by atoms with van der Waals surface area (Å²) in [6.07, 6.45) is 3.52. The lowest BCUT2D eigenvalue weighted by atomic mass is 10.3. The van der Waals surface area contributed by atoms with Crippen LogP contribution in [0.25, 0.3) is 0 Å². The fourth-order valence-corrected chi connectivity index (χ4v) is 2.51. The Bertz CT molecular complexity index is 317. The zero-order valence-corrected chi connectivity index (χ0v) is 10.3. The molecule has 2 rings (SSSR count). The lowest BCUT2D eigenvalue weighted by Crippen LogP contribution is -2.28. The van der Waals surface area contributed by atoms with Crippen LogP contribution >= 0.6 is 23.6 Å². The van der Waals surface area contributed by atoms with E-state index in [1.54, 1.807) is 0 Å². The average Bonchev–Trinajstić information content (AvgIpc) is 2.91. The van der Waals surface area contributed by atoms with Crippen molar-refractivity contribution in [2.24, 2.45) is 5.73 Å². The van der Waals surface area contributed by atoms with Crippen LogP contribution in [-0.2, 0) is 6.54 Å². The van der Waals surface area contributed by atoms with Crippen molar-refractivity contribution in [3.05, 3.63) is 22.4 Å². The second kappa shape index (κ2) is 5.05. The molecule has 1 aliphatic carbocycles. The zero-order valence-electron chi connectivity index (χ0n) is 8.69. The van der Waals surface area contributed by atoms with Crippen molar-refractivity contribution in [3.63, 3.8) is 0 Å². The molecule has 1 aromatic rings. The molecule has 1 fully saturated rings. The van der Waals surface area contributed by atoms with Crippen molar-refractivity contribution in [2.75, 3.05) is 6.54 Å². The van der Waals surface area contributed by atoms with E-state index >= 15 is 0 Å². The highest BCUT2D eigenvalue weighted by Gasteiger charge is 2.28. The smallest absolute Gasteiger partial charge is 0.0740 e. The molecule has 0 spiro atoms. The van der Waals surface area contributed by atoms with E-state index in [4.69, 9.17) is 18.0 Å². The Balaban J connectivity index is 1.86. The Morgan fingerprint density at radius 3 is 2.93 bits per heavy atom. The van der Waals surface area contributed by atoms with E-state index in [1.807, 2.05) is 11.3 Å². The molecular weight excluding hydrogens is 224 g/mol. The van der Waals surface area contributed by atoms with Gasteiger partial charge in [0.25, 0.3) is 0 Å². The second-order valence-electron chi connectivity index (χ2n) is 4.00. The van der Waals surface area contributed by atoms with Crippen molar-refractivity contribution >= 4 is 28.5 Å². The predicted molar refractivity (Wildman–Crippen MR) is 69.2 cm³/mol. The first-order valence-electron chi connectivity index (χ1n) is 5.30. The molecule has 4 heteroatoms. The summed E-state index contributed by atoms with van der Waals surface area (Å²) in [6, 6.07) is 5.08. The van der Waals surface area contributed by atoms with Crippen LogP contribution in [0.3, 0.4) is 0 Å². The molecule has 1 aliphatic rings. The fourth-order valence-electron chi connectivity index (χ4n) is 1.69. The molecule has 0 aliphatic heterocycles. The van der Waals surface area contributed by atoms with Crippen molar-refractivity contribution in [2.45, 2.75) is 31.8 Å². The summed E-state index contributed by atoms with van der Waals surface area (Å²) in [4.78, 5) is 4.57. The first kappa shape index (κ1) is 11.0. The molecule has 1 aromatic heterocycles. The molecule has 0 radical (unpaired) electrons. The van der Waals surface area contributed by atoms with E-state index in [-0.39, 0.29) is 0 Å². The van der Waals surface area contributed by atoms with Crippen LogP contribution in [0, 0.1) is 0 Å². The highest BCUT2D eigenvalue weighted by Crippen LogP contribution is 2.29. The summed E-state index contributed by atoms with van der Waals surface area (Å²) >= 11 is 6.75. The highest BCUT2D eigenvalue weighted by molar-refractivity contribution is 7.80. The Kier molecular flexibility index (Phi) is 3.72.